The number of hydrogen-bond acceptors (Lipinski definition) is 3. The van der Waals surface area contributed by atoms with Crippen molar-refractivity contribution in [1.29, 1.82) is 0 Å². The van der Waals surface area contributed by atoms with Crippen LogP contribution < -0.4 is 0 Å². The van der Waals surface area contributed by atoms with Crippen LogP contribution in [0.4, 0.5) is 8.78 Å². The summed E-state index contributed by atoms with van der Waals surface area (Å²) in [6, 6.07) is 13.5. The van der Waals surface area contributed by atoms with Gasteiger partial charge in [0.25, 0.3) is 0 Å². The molecular formula is C16H13F2N3S. The topological polar surface area (TPSA) is 30.7 Å². The molecule has 0 aliphatic carbocycles. The van der Waals surface area contributed by atoms with E-state index in [9.17, 15) is 8.78 Å². The summed E-state index contributed by atoms with van der Waals surface area (Å²) in [6.45, 7) is 1.84. The van der Waals surface area contributed by atoms with Crippen molar-refractivity contribution in [2.24, 2.45) is 0 Å². The maximum Gasteiger partial charge on any atom is 0.196 e. The number of hydrogen-bond donors (Lipinski definition) is 0. The summed E-state index contributed by atoms with van der Waals surface area (Å²) >= 11 is 1.25. The van der Waals surface area contributed by atoms with Crippen molar-refractivity contribution in [3.63, 3.8) is 0 Å². The zero-order valence-corrected chi connectivity index (χ0v) is 12.6. The van der Waals surface area contributed by atoms with E-state index in [0.29, 0.717) is 5.16 Å². The lowest BCUT2D eigenvalue weighted by Crippen LogP contribution is -2.00. The smallest absolute Gasteiger partial charge is 0.196 e. The Kier molecular flexibility index (Phi) is 4.20. The number of aromatic nitrogens is 3. The SMILES string of the molecule is Cc1nnc(SCc2c(F)cccc2F)n1-c1ccccc1. The van der Waals surface area contributed by atoms with Crippen LogP contribution in [0.25, 0.3) is 5.69 Å². The third kappa shape index (κ3) is 2.87. The van der Waals surface area contributed by atoms with E-state index in [-0.39, 0.29) is 11.3 Å². The van der Waals surface area contributed by atoms with Gasteiger partial charge >= 0.3 is 0 Å². The molecule has 0 N–H and O–H groups in total. The molecule has 6 heteroatoms. The van der Waals surface area contributed by atoms with Gasteiger partial charge in [-0.2, -0.15) is 0 Å². The van der Waals surface area contributed by atoms with E-state index in [1.807, 2.05) is 41.8 Å². The molecule has 0 spiro atoms. The fraction of sp³-hybridized carbons (Fsp3) is 0.125. The maximum absolute atomic E-state index is 13.7. The minimum absolute atomic E-state index is 0.0489. The molecule has 3 rings (SSSR count). The largest absolute Gasteiger partial charge is 0.274 e. The molecule has 0 fully saturated rings. The van der Waals surface area contributed by atoms with Gasteiger partial charge in [0.05, 0.1) is 0 Å². The Morgan fingerprint density at radius 3 is 2.32 bits per heavy atom. The Morgan fingerprint density at radius 1 is 0.955 bits per heavy atom. The zero-order chi connectivity index (χ0) is 15.5. The molecule has 0 saturated carbocycles. The lowest BCUT2D eigenvalue weighted by molar-refractivity contribution is 0.566. The van der Waals surface area contributed by atoms with Crippen molar-refractivity contribution in [2.75, 3.05) is 0 Å². The van der Waals surface area contributed by atoms with Crippen LogP contribution >= 0.6 is 11.8 Å². The van der Waals surface area contributed by atoms with Gasteiger partial charge in [0.1, 0.15) is 17.5 Å². The highest BCUT2D eigenvalue weighted by Gasteiger charge is 2.14. The number of aryl methyl sites for hydroxylation is 1. The fourth-order valence-electron chi connectivity index (χ4n) is 2.12. The van der Waals surface area contributed by atoms with E-state index < -0.39 is 11.6 Å². The van der Waals surface area contributed by atoms with Crippen LogP contribution in [0.15, 0.2) is 53.7 Å². The van der Waals surface area contributed by atoms with Gasteiger partial charge in [0.15, 0.2) is 5.16 Å². The van der Waals surface area contributed by atoms with Gasteiger partial charge in [-0.15, -0.1) is 10.2 Å². The van der Waals surface area contributed by atoms with Gasteiger partial charge in [-0.25, -0.2) is 8.78 Å². The zero-order valence-electron chi connectivity index (χ0n) is 11.8. The average Bonchev–Trinajstić information content (AvgIpc) is 2.88. The van der Waals surface area contributed by atoms with E-state index in [0.717, 1.165) is 11.5 Å². The van der Waals surface area contributed by atoms with Crippen molar-refractivity contribution in [3.8, 4) is 5.69 Å². The summed E-state index contributed by atoms with van der Waals surface area (Å²) in [5, 5.41) is 8.76. The highest BCUT2D eigenvalue weighted by molar-refractivity contribution is 7.98. The Balaban J connectivity index is 1.88. The summed E-state index contributed by atoms with van der Waals surface area (Å²) in [5.41, 5.74) is 0.967. The Hall–Kier alpha value is -2.21. The minimum Gasteiger partial charge on any atom is -0.274 e. The number of para-hydroxylation sites is 1. The quantitative estimate of drug-likeness (QED) is 0.677. The molecule has 3 aromatic rings. The standard InChI is InChI=1S/C16H13F2N3S/c1-11-19-20-16(21(11)12-6-3-2-4-7-12)22-10-13-14(17)8-5-9-15(13)18/h2-9H,10H2,1H3. The molecule has 0 aliphatic heterocycles. The van der Waals surface area contributed by atoms with E-state index in [2.05, 4.69) is 10.2 Å². The van der Waals surface area contributed by atoms with Crippen molar-refractivity contribution < 1.29 is 8.78 Å². The lowest BCUT2D eigenvalue weighted by Gasteiger charge is -2.08. The Labute approximate surface area is 131 Å². The van der Waals surface area contributed by atoms with Gasteiger partial charge in [-0.1, -0.05) is 36.0 Å². The first-order valence-electron chi connectivity index (χ1n) is 6.70. The highest BCUT2D eigenvalue weighted by atomic mass is 32.2. The van der Waals surface area contributed by atoms with Crippen molar-refractivity contribution >= 4 is 11.8 Å². The number of rotatable bonds is 4. The number of halogens is 2. The first kappa shape index (κ1) is 14.7. The monoisotopic (exact) mass is 317 g/mol. The predicted molar refractivity (Wildman–Crippen MR) is 82.0 cm³/mol. The van der Waals surface area contributed by atoms with Crippen LogP contribution in [0, 0.1) is 18.6 Å². The molecule has 3 nitrogen and oxygen atoms in total. The summed E-state index contributed by atoms with van der Waals surface area (Å²) in [4.78, 5) is 0. The normalized spacial score (nSPS) is 10.9. The summed E-state index contributed by atoms with van der Waals surface area (Å²) in [7, 11) is 0. The molecule has 22 heavy (non-hydrogen) atoms. The van der Waals surface area contributed by atoms with Crippen LogP contribution in [-0.4, -0.2) is 14.8 Å². The molecule has 0 saturated heterocycles. The molecule has 0 bridgehead atoms. The van der Waals surface area contributed by atoms with Crippen LogP contribution in [0.1, 0.15) is 11.4 Å². The van der Waals surface area contributed by atoms with Crippen LogP contribution in [0.3, 0.4) is 0 Å². The molecule has 0 aliphatic rings. The molecular weight excluding hydrogens is 304 g/mol. The Morgan fingerprint density at radius 2 is 1.64 bits per heavy atom. The van der Waals surface area contributed by atoms with Crippen LogP contribution in [0.5, 0.6) is 0 Å². The summed E-state index contributed by atoms with van der Waals surface area (Å²) in [6.07, 6.45) is 0. The van der Waals surface area contributed by atoms with Gasteiger partial charge in [0, 0.05) is 17.0 Å². The molecule has 0 amide bonds. The molecule has 1 heterocycles. The number of nitrogens with zero attached hydrogens (tertiary/aromatic N) is 3. The third-order valence-electron chi connectivity index (χ3n) is 3.22. The first-order valence-corrected chi connectivity index (χ1v) is 7.68. The molecule has 0 radical (unpaired) electrons. The van der Waals surface area contributed by atoms with Crippen LogP contribution in [-0.2, 0) is 5.75 Å². The third-order valence-corrected chi connectivity index (χ3v) is 4.17. The maximum atomic E-state index is 13.7. The van der Waals surface area contributed by atoms with E-state index in [4.69, 9.17) is 0 Å². The van der Waals surface area contributed by atoms with Gasteiger partial charge < -0.3 is 0 Å². The second kappa shape index (κ2) is 6.27. The average molecular weight is 317 g/mol. The fourth-order valence-corrected chi connectivity index (χ4v) is 3.13. The lowest BCUT2D eigenvalue weighted by atomic mass is 10.2. The molecule has 0 atom stereocenters. The number of thioether (sulfide) groups is 1. The highest BCUT2D eigenvalue weighted by Crippen LogP contribution is 2.27. The van der Waals surface area contributed by atoms with E-state index in [1.54, 1.807) is 0 Å². The minimum atomic E-state index is -0.546. The molecule has 1 aromatic heterocycles. The van der Waals surface area contributed by atoms with Gasteiger partial charge in [0.2, 0.25) is 0 Å². The van der Waals surface area contributed by atoms with Gasteiger partial charge in [-0.3, -0.25) is 4.57 Å². The van der Waals surface area contributed by atoms with Crippen molar-refractivity contribution in [1.82, 2.24) is 14.8 Å². The van der Waals surface area contributed by atoms with E-state index >= 15 is 0 Å². The molecule has 2 aromatic carbocycles. The molecule has 112 valence electrons. The van der Waals surface area contributed by atoms with Crippen LogP contribution in [0.2, 0.25) is 0 Å². The predicted octanol–water partition coefficient (Wildman–Crippen LogP) is 4.15. The number of benzene rings is 2. The van der Waals surface area contributed by atoms with Gasteiger partial charge in [-0.05, 0) is 31.2 Å². The first-order chi connectivity index (χ1) is 10.7. The summed E-state index contributed by atoms with van der Waals surface area (Å²) < 4.78 is 29.2. The van der Waals surface area contributed by atoms with E-state index in [1.165, 1.54) is 30.0 Å². The Bertz CT molecular complexity index is 767. The van der Waals surface area contributed by atoms with Crippen molar-refractivity contribution in [3.05, 3.63) is 71.6 Å². The second-order valence-corrected chi connectivity index (χ2v) is 5.63. The van der Waals surface area contributed by atoms with Crippen molar-refractivity contribution in [2.45, 2.75) is 17.8 Å². The molecule has 0 unspecified atom stereocenters. The second-order valence-electron chi connectivity index (χ2n) is 4.69. The summed E-state index contributed by atoms with van der Waals surface area (Å²) in [5.74, 6) is -0.212.